The number of fused-ring (bicyclic) bond motifs is 1. The van der Waals surface area contributed by atoms with Crippen LogP contribution in [0.4, 0.5) is 22.6 Å². The topological polar surface area (TPSA) is 101 Å². The SMILES string of the molecule is Cc1c(N(Cc2ccc(F)c(C(F)(F)F)c2)S(=O)(=O)c2ccc(C(=O)NS(C)(=O)=O)cc2)sc2ccccc12. The van der Waals surface area contributed by atoms with Crippen molar-refractivity contribution >= 4 is 52.4 Å². The molecule has 4 aromatic rings. The highest BCUT2D eigenvalue weighted by atomic mass is 32.2. The molecule has 0 bridgehead atoms. The van der Waals surface area contributed by atoms with Crippen molar-refractivity contribution in [2.75, 3.05) is 10.6 Å². The maximum absolute atomic E-state index is 13.9. The van der Waals surface area contributed by atoms with Crippen LogP contribution in [0.5, 0.6) is 0 Å². The van der Waals surface area contributed by atoms with Crippen molar-refractivity contribution in [3.63, 3.8) is 0 Å². The van der Waals surface area contributed by atoms with E-state index in [0.717, 1.165) is 62.3 Å². The van der Waals surface area contributed by atoms with Crippen LogP contribution in [0.15, 0.2) is 71.6 Å². The Morgan fingerprint density at radius 2 is 1.62 bits per heavy atom. The lowest BCUT2D eigenvalue weighted by atomic mass is 10.1. The molecule has 0 saturated carbocycles. The Hall–Kier alpha value is -3.49. The number of rotatable bonds is 7. The summed E-state index contributed by atoms with van der Waals surface area (Å²) < 4.78 is 108. The third kappa shape index (κ3) is 6.07. The number of carbonyl (C=O) groups is 1. The Labute approximate surface area is 225 Å². The second-order valence-corrected chi connectivity index (χ2v) is 13.2. The number of alkyl halides is 3. The second kappa shape index (κ2) is 10.2. The summed E-state index contributed by atoms with van der Waals surface area (Å²) in [7, 11) is -8.30. The molecule has 0 unspecified atom stereocenters. The molecule has 1 N–H and O–H groups in total. The van der Waals surface area contributed by atoms with Gasteiger partial charge in [0.05, 0.1) is 23.3 Å². The normalized spacial score (nSPS) is 12.5. The number of hydrogen-bond acceptors (Lipinski definition) is 6. The van der Waals surface area contributed by atoms with Crippen LogP contribution in [-0.4, -0.2) is 29.0 Å². The second-order valence-electron chi connectivity index (χ2n) is 8.58. The maximum atomic E-state index is 13.9. The van der Waals surface area contributed by atoms with E-state index < -0.39 is 50.1 Å². The van der Waals surface area contributed by atoms with Gasteiger partial charge in [0.25, 0.3) is 15.9 Å². The van der Waals surface area contributed by atoms with Crippen molar-refractivity contribution in [3.05, 3.63) is 94.8 Å². The number of anilines is 1. The number of benzene rings is 3. The molecule has 1 amide bonds. The maximum Gasteiger partial charge on any atom is 0.419 e. The van der Waals surface area contributed by atoms with Gasteiger partial charge in [0.15, 0.2) is 0 Å². The zero-order chi connectivity index (χ0) is 28.8. The molecule has 0 aliphatic rings. The lowest BCUT2D eigenvalue weighted by molar-refractivity contribution is -0.140. The summed E-state index contributed by atoms with van der Waals surface area (Å²) in [4.78, 5) is 11.8. The number of hydrogen-bond donors (Lipinski definition) is 1. The highest BCUT2D eigenvalue weighted by Gasteiger charge is 2.35. The Balaban J connectivity index is 1.82. The van der Waals surface area contributed by atoms with Crippen molar-refractivity contribution in [3.8, 4) is 0 Å². The Bertz CT molecular complexity index is 1780. The van der Waals surface area contributed by atoms with Crippen LogP contribution in [0.2, 0.25) is 0 Å². The summed E-state index contributed by atoms with van der Waals surface area (Å²) in [6.07, 6.45) is -4.20. The zero-order valence-electron chi connectivity index (χ0n) is 20.3. The Morgan fingerprint density at radius 1 is 0.974 bits per heavy atom. The minimum atomic E-state index is -4.99. The van der Waals surface area contributed by atoms with E-state index in [0.29, 0.717) is 17.7 Å². The van der Waals surface area contributed by atoms with E-state index in [1.54, 1.807) is 35.9 Å². The molecule has 0 radical (unpaired) electrons. The summed E-state index contributed by atoms with van der Waals surface area (Å²) in [5.74, 6) is -2.45. The van der Waals surface area contributed by atoms with E-state index in [1.807, 2.05) is 0 Å². The predicted octanol–water partition coefficient (Wildman–Crippen LogP) is 5.45. The van der Waals surface area contributed by atoms with E-state index in [1.165, 1.54) is 0 Å². The number of sulfonamides is 2. The fourth-order valence-electron chi connectivity index (χ4n) is 3.85. The number of aryl methyl sites for hydroxylation is 1. The first-order chi connectivity index (χ1) is 18.1. The number of carbonyl (C=O) groups excluding carboxylic acids is 1. The first kappa shape index (κ1) is 28.5. The van der Waals surface area contributed by atoms with E-state index in [2.05, 4.69) is 0 Å². The monoisotopic (exact) mass is 600 g/mol. The predicted molar refractivity (Wildman–Crippen MR) is 140 cm³/mol. The summed E-state index contributed by atoms with van der Waals surface area (Å²) in [5, 5.41) is 0.994. The molecule has 0 aliphatic carbocycles. The smallest absolute Gasteiger partial charge is 0.268 e. The van der Waals surface area contributed by atoms with Gasteiger partial charge in [-0.05, 0) is 65.9 Å². The molecule has 0 atom stereocenters. The highest BCUT2D eigenvalue weighted by molar-refractivity contribution is 7.93. The fourth-order valence-corrected chi connectivity index (χ4v) is 7.24. The summed E-state index contributed by atoms with van der Waals surface area (Å²) in [6.45, 7) is 1.14. The standard InChI is InChI=1S/C25H20F4N2O5S3/c1-15-19-5-3-4-6-22(19)37-24(15)31(14-16-7-12-21(26)20(13-16)25(27,28)29)39(35,36)18-10-8-17(9-11-18)23(32)30-38(2,33)34/h3-13H,14H2,1-2H3,(H,30,32). The molecular weight excluding hydrogens is 580 g/mol. The number of nitrogens with zero attached hydrogens (tertiary/aromatic N) is 1. The average Bonchev–Trinajstić information content (AvgIpc) is 3.17. The minimum absolute atomic E-state index is 0.103. The summed E-state index contributed by atoms with van der Waals surface area (Å²) in [5.41, 5.74) is -1.18. The highest BCUT2D eigenvalue weighted by Crippen LogP contribution is 2.41. The first-order valence-corrected chi connectivity index (χ1v) is 15.2. The van der Waals surface area contributed by atoms with E-state index in [4.69, 9.17) is 0 Å². The van der Waals surface area contributed by atoms with Gasteiger partial charge in [0.2, 0.25) is 10.0 Å². The molecule has 0 saturated heterocycles. The molecular formula is C25H20F4N2O5S3. The van der Waals surface area contributed by atoms with Gasteiger partial charge >= 0.3 is 6.18 Å². The van der Waals surface area contributed by atoms with E-state index >= 15 is 0 Å². The molecule has 7 nitrogen and oxygen atoms in total. The zero-order valence-corrected chi connectivity index (χ0v) is 22.7. The van der Waals surface area contributed by atoms with Crippen molar-refractivity contribution < 1.29 is 39.2 Å². The van der Waals surface area contributed by atoms with Gasteiger partial charge in [0.1, 0.15) is 10.8 Å². The summed E-state index contributed by atoms with van der Waals surface area (Å²) in [6, 6.07) is 13.8. The largest absolute Gasteiger partial charge is 0.419 e. The van der Waals surface area contributed by atoms with Crippen LogP contribution in [0.3, 0.4) is 0 Å². The lowest BCUT2D eigenvalue weighted by Gasteiger charge is -2.25. The Kier molecular flexibility index (Phi) is 7.49. The van der Waals surface area contributed by atoms with Crippen molar-refractivity contribution in [1.29, 1.82) is 0 Å². The van der Waals surface area contributed by atoms with Gasteiger partial charge in [-0.25, -0.2) is 25.9 Å². The van der Waals surface area contributed by atoms with Gasteiger partial charge in [0, 0.05) is 10.3 Å². The number of nitrogens with one attached hydrogen (secondary N) is 1. The molecule has 0 fully saturated rings. The van der Waals surface area contributed by atoms with Crippen LogP contribution in [-0.2, 0) is 32.8 Å². The quantitative estimate of drug-likeness (QED) is 0.284. The van der Waals surface area contributed by atoms with Gasteiger partial charge in [-0.15, -0.1) is 11.3 Å². The van der Waals surface area contributed by atoms with Crippen LogP contribution in [0.1, 0.15) is 27.0 Å². The number of amides is 1. The molecule has 14 heteroatoms. The van der Waals surface area contributed by atoms with Gasteiger partial charge in [-0.1, -0.05) is 24.3 Å². The van der Waals surface area contributed by atoms with Crippen LogP contribution in [0.25, 0.3) is 10.1 Å². The fraction of sp³-hybridized carbons (Fsp3) is 0.160. The van der Waals surface area contributed by atoms with Crippen LogP contribution in [0, 0.1) is 12.7 Å². The molecule has 206 valence electrons. The Morgan fingerprint density at radius 3 is 2.21 bits per heavy atom. The first-order valence-electron chi connectivity index (χ1n) is 11.1. The molecule has 0 spiro atoms. The molecule has 1 aromatic heterocycles. The van der Waals surface area contributed by atoms with Crippen LogP contribution >= 0.6 is 11.3 Å². The molecule has 3 aromatic carbocycles. The van der Waals surface area contributed by atoms with Crippen molar-refractivity contribution in [2.24, 2.45) is 0 Å². The van der Waals surface area contributed by atoms with Gasteiger partial charge in [-0.3, -0.25) is 9.10 Å². The number of thiophene rings is 1. The summed E-state index contributed by atoms with van der Waals surface area (Å²) >= 11 is 1.12. The third-order valence-corrected chi connectivity index (χ3v) is 9.42. The molecule has 1 heterocycles. The molecule has 4 rings (SSSR count). The molecule has 39 heavy (non-hydrogen) atoms. The van der Waals surface area contributed by atoms with Crippen molar-refractivity contribution in [2.45, 2.75) is 24.5 Å². The van der Waals surface area contributed by atoms with Crippen molar-refractivity contribution in [1.82, 2.24) is 4.72 Å². The lowest BCUT2D eigenvalue weighted by Crippen LogP contribution is -2.31. The van der Waals surface area contributed by atoms with E-state index in [-0.39, 0.29) is 21.0 Å². The van der Waals surface area contributed by atoms with E-state index in [9.17, 15) is 39.2 Å². The van der Waals surface area contributed by atoms with Gasteiger partial charge in [-0.2, -0.15) is 13.2 Å². The third-order valence-electron chi connectivity index (χ3n) is 5.69. The minimum Gasteiger partial charge on any atom is -0.268 e. The molecule has 0 aliphatic heterocycles. The van der Waals surface area contributed by atoms with Crippen LogP contribution < -0.4 is 9.03 Å². The number of halogens is 4. The van der Waals surface area contributed by atoms with Gasteiger partial charge < -0.3 is 0 Å². The average molecular weight is 601 g/mol.